The van der Waals surface area contributed by atoms with Crippen molar-refractivity contribution in [1.82, 2.24) is 15.8 Å². The summed E-state index contributed by atoms with van der Waals surface area (Å²) in [5.74, 6) is -0.904. The molecule has 0 aliphatic carbocycles. The van der Waals surface area contributed by atoms with Gasteiger partial charge in [-0.25, -0.2) is 10.2 Å². The highest BCUT2D eigenvalue weighted by Crippen LogP contribution is 2.12. The number of nitrogens with one attached hydrogen (secondary N) is 2. The molecule has 0 bridgehead atoms. The molecule has 1 aliphatic heterocycles. The maximum Gasteiger partial charge on any atom is 0.335 e. The van der Waals surface area contributed by atoms with Crippen LogP contribution in [-0.4, -0.2) is 41.0 Å². The van der Waals surface area contributed by atoms with E-state index < -0.39 is 5.97 Å². The number of aromatic carboxylic acids is 1. The molecule has 3 N–H and O–H groups in total. The van der Waals surface area contributed by atoms with Crippen LogP contribution in [0.15, 0.2) is 24.3 Å². The highest BCUT2D eigenvalue weighted by molar-refractivity contribution is 5.87. The Balaban J connectivity index is 1.93. The molecule has 1 aromatic carbocycles. The predicted molar refractivity (Wildman–Crippen MR) is 78.6 cm³/mol. The van der Waals surface area contributed by atoms with Gasteiger partial charge in [-0.3, -0.25) is 10.2 Å². The summed E-state index contributed by atoms with van der Waals surface area (Å²) < 4.78 is 0. The van der Waals surface area contributed by atoms with E-state index in [9.17, 15) is 9.59 Å². The van der Waals surface area contributed by atoms with E-state index in [4.69, 9.17) is 5.11 Å². The molecule has 114 valence electrons. The normalized spacial score (nSPS) is 21.2. The average molecular weight is 291 g/mol. The van der Waals surface area contributed by atoms with Crippen molar-refractivity contribution in [1.29, 1.82) is 0 Å². The minimum atomic E-state index is -0.946. The summed E-state index contributed by atoms with van der Waals surface area (Å²) >= 11 is 0. The highest BCUT2D eigenvalue weighted by Gasteiger charge is 2.30. The maximum absolute atomic E-state index is 12.3. The molecular weight excluding hydrogens is 270 g/mol. The Morgan fingerprint density at radius 3 is 2.48 bits per heavy atom. The molecule has 1 aromatic rings. The van der Waals surface area contributed by atoms with E-state index in [1.54, 1.807) is 36.2 Å². The molecule has 6 heteroatoms. The van der Waals surface area contributed by atoms with Crippen molar-refractivity contribution < 1.29 is 14.7 Å². The second kappa shape index (κ2) is 6.69. The van der Waals surface area contributed by atoms with Gasteiger partial charge in [0, 0.05) is 19.6 Å². The van der Waals surface area contributed by atoms with Crippen molar-refractivity contribution in [3.63, 3.8) is 0 Å². The van der Waals surface area contributed by atoms with E-state index in [1.807, 2.05) is 0 Å². The van der Waals surface area contributed by atoms with Crippen LogP contribution < -0.4 is 10.9 Å². The lowest BCUT2D eigenvalue weighted by Gasteiger charge is -2.21. The van der Waals surface area contributed by atoms with E-state index in [0.717, 1.165) is 18.4 Å². The maximum atomic E-state index is 12.3. The number of benzene rings is 1. The van der Waals surface area contributed by atoms with Gasteiger partial charge in [-0.2, -0.15) is 0 Å². The molecular formula is C15H21N3O3. The number of carboxylic acids is 1. The van der Waals surface area contributed by atoms with E-state index >= 15 is 0 Å². The third-order valence-corrected chi connectivity index (χ3v) is 3.77. The summed E-state index contributed by atoms with van der Waals surface area (Å²) in [5, 5.41) is 8.86. The summed E-state index contributed by atoms with van der Waals surface area (Å²) in [6.45, 7) is 2.55. The summed E-state index contributed by atoms with van der Waals surface area (Å²) in [5.41, 5.74) is 7.30. The number of amides is 1. The van der Waals surface area contributed by atoms with E-state index in [2.05, 4.69) is 17.8 Å². The van der Waals surface area contributed by atoms with Gasteiger partial charge in [0.05, 0.1) is 5.56 Å². The van der Waals surface area contributed by atoms with Gasteiger partial charge in [-0.1, -0.05) is 19.1 Å². The number of hydrazine groups is 1. The van der Waals surface area contributed by atoms with Crippen molar-refractivity contribution in [2.75, 3.05) is 7.05 Å². The molecule has 21 heavy (non-hydrogen) atoms. The summed E-state index contributed by atoms with van der Waals surface area (Å²) in [7, 11) is 1.76. The molecule has 1 amide bonds. The first-order chi connectivity index (χ1) is 10.0. The molecule has 2 rings (SSSR count). The molecule has 0 aromatic heterocycles. The Labute approximate surface area is 124 Å². The summed E-state index contributed by atoms with van der Waals surface area (Å²) in [6, 6.07) is 6.72. The fourth-order valence-electron chi connectivity index (χ4n) is 2.42. The van der Waals surface area contributed by atoms with Crippen LogP contribution in [0.4, 0.5) is 0 Å². The van der Waals surface area contributed by atoms with Gasteiger partial charge in [0.1, 0.15) is 6.04 Å². The number of carboxylic acid groups (broad SMARTS) is 1. The molecule has 1 aliphatic rings. The standard InChI is InChI=1S/C15H21N3O3/c1-3-12-8-13(17-16-12)14(19)18(2)9-10-4-6-11(7-5-10)15(20)21/h4-7,12-13,16-17H,3,8-9H2,1-2H3,(H,20,21). The smallest absolute Gasteiger partial charge is 0.335 e. The van der Waals surface area contributed by atoms with Gasteiger partial charge in [0.2, 0.25) is 5.91 Å². The Bertz CT molecular complexity index is 515. The largest absolute Gasteiger partial charge is 0.478 e. The average Bonchev–Trinajstić information content (AvgIpc) is 2.95. The number of carbonyl (C=O) groups is 2. The van der Waals surface area contributed by atoms with Crippen molar-refractivity contribution in [2.45, 2.75) is 38.4 Å². The SMILES string of the molecule is CCC1CC(C(=O)N(C)Cc2ccc(C(=O)O)cc2)NN1. The third-order valence-electron chi connectivity index (χ3n) is 3.77. The first-order valence-corrected chi connectivity index (χ1v) is 7.09. The number of rotatable bonds is 5. The topological polar surface area (TPSA) is 81.7 Å². The van der Waals surface area contributed by atoms with Crippen molar-refractivity contribution in [2.24, 2.45) is 0 Å². The van der Waals surface area contributed by atoms with Crippen LogP contribution in [0, 0.1) is 0 Å². The van der Waals surface area contributed by atoms with Crippen molar-refractivity contribution in [3.8, 4) is 0 Å². The van der Waals surface area contributed by atoms with Crippen LogP contribution in [0.3, 0.4) is 0 Å². The van der Waals surface area contributed by atoms with Gasteiger partial charge < -0.3 is 10.0 Å². The lowest BCUT2D eigenvalue weighted by Crippen LogP contribution is -2.43. The number of carbonyl (C=O) groups excluding carboxylic acids is 1. The molecule has 2 atom stereocenters. The minimum Gasteiger partial charge on any atom is -0.478 e. The summed E-state index contributed by atoms with van der Waals surface area (Å²) in [4.78, 5) is 24.8. The van der Waals surface area contributed by atoms with Gasteiger partial charge in [0.15, 0.2) is 0 Å². The van der Waals surface area contributed by atoms with Gasteiger partial charge >= 0.3 is 5.97 Å². The van der Waals surface area contributed by atoms with Crippen LogP contribution in [-0.2, 0) is 11.3 Å². The molecule has 0 saturated carbocycles. The van der Waals surface area contributed by atoms with Crippen molar-refractivity contribution in [3.05, 3.63) is 35.4 Å². The quantitative estimate of drug-likeness (QED) is 0.753. The van der Waals surface area contributed by atoms with Gasteiger partial charge in [-0.05, 0) is 30.5 Å². The Morgan fingerprint density at radius 1 is 1.29 bits per heavy atom. The van der Waals surface area contributed by atoms with Gasteiger partial charge in [-0.15, -0.1) is 0 Å². The Morgan fingerprint density at radius 2 is 1.95 bits per heavy atom. The third kappa shape index (κ3) is 3.80. The molecule has 6 nitrogen and oxygen atoms in total. The monoisotopic (exact) mass is 291 g/mol. The predicted octanol–water partition coefficient (Wildman–Crippen LogP) is 0.988. The van der Waals surface area contributed by atoms with Crippen LogP contribution in [0.2, 0.25) is 0 Å². The van der Waals surface area contributed by atoms with Crippen LogP contribution in [0.25, 0.3) is 0 Å². The second-order valence-corrected chi connectivity index (χ2v) is 5.38. The van der Waals surface area contributed by atoms with E-state index in [1.165, 1.54) is 0 Å². The zero-order valence-electron chi connectivity index (χ0n) is 12.3. The number of hydrogen-bond acceptors (Lipinski definition) is 4. The first-order valence-electron chi connectivity index (χ1n) is 7.09. The van der Waals surface area contributed by atoms with E-state index in [-0.39, 0.29) is 17.5 Å². The zero-order chi connectivity index (χ0) is 15.4. The van der Waals surface area contributed by atoms with Crippen LogP contribution in [0.5, 0.6) is 0 Å². The van der Waals surface area contributed by atoms with Crippen LogP contribution >= 0.6 is 0 Å². The fourth-order valence-corrected chi connectivity index (χ4v) is 2.42. The fraction of sp³-hybridized carbons (Fsp3) is 0.467. The minimum absolute atomic E-state index is 0.0424. The lowest BCUT2D eigenvalue weighted by atomic mass is 10.1. The number of hydrogen-bond donors (Lipinski definition) is 3. The van der Waals surface area contributed by atoms with Gasteiger partial charge in [0.25, 0.3) is 0 Å². The van der Waals surface area contributed by atoms with Crippen LogP contribution in [0.1, 0.15) is 35.7 Å². The Hall–Kier alpha value is -1.92. The molecule has 2 unspecified atom stereocenters. The lowest BCUT2D eigenvalue weighted by molar-refractivity contribution is -0.132. The summed E-state index contributed by atoms with van der Waals surface area (Å²) in [6.07, 6.45) is 1.77. The number of nitrogens with zero attached hydrogens (tertiary/aromatic N) is 1. The molecule has 1 saturated heterocycles. The molecule has 1 heterocycles. The number of likely N-dealkylation sites (N-methyl/N-ethyl adjacent to an activating group) is 1. The zero-order valence-corrected chi connectivity index (χ0v) is 12.3. The first kappa shape index (κ1) is 15.5. The van der Waals surface area contributed by atoms with E-state index in [0.29, 0.717) is 12.6 Å². The van der Waals surface area contributed by atoms with Crippen molar-refractivity contribution >= 4 is 11.9 Å². The second-order valence-electron chi connectivity index (χ2n) is 5.38. The Kier molecular flexibility index (Phi) is 4.93. The highest BCUT2D eigenvalue weighted by atomic mass is 16.4. The molecule has 0 spiro atoms. The molecule has 0 radical (unpaired) electrons. The molecule has 1 fully saturated rings.